The highest BCUT2D eigenvalue weighted by Gasteiger charge is 2.32. The highest BCUT2D eigenvalue weighted by Crippen LogP contribution is 2.23. The number of fused-ring (bicyclic) bond motifs is 2. The fourth-order valence-corrected chi connectivity index (χ4v) is 3.37. The molecular weight excluding hydrogens is 391 g/mol. The van der Waals surface area contributed by atoms with Gasteiger partial charge in [-0.3, -0.25) is 4.99 Å². The number of halogens is 4. The van der Waals surface area contributed by atoms with E-state index < -0.39 is 7.25 Å². The van der Waals surface area contributed by atoms with E-state index >= 15 is 0 Å². The Bertz CT molecular complexity index is 925. The molecule has 2 heterocycles. The zero-order chi connectivity index (χ0) is 22.6. The van der Waals surface area contributed by atoms with Gasteiger partial charge in [-0.15, -0.1) is 0 Å². The Hall–Kier alpha value is -2.44. The van der Waals surface area contributed by atoms with Crippen LogP contribution in [0.4, 0.5) is 17.3 Å². The van der Waals surface area contributed by atoms with Crippen molar-refractivity contribution in [2.75, 3.05) is 7.05 Å². The van der Waals surface area contributed by atoms with Crippen LogP contribution in [0.25, 0.3) is 0 Å². The average Bonchev–Trinajstić information content (AvgIpc) is 2.61. The summed E-state index contributed by atoms with van der Waals surface area (Å²) in [7, 11) is -3.85. The van der Waals surface area contributed by atoms with E-state index in [1.54, 1.807) is 0 Å². The first-order valence-electron chi connectivity index (χ1n) is 9.93. The number of nitrogens with zero attached hydrogens (tertiary/aromatic N) is 2. The van der Waals surface area contributed by atoms with Crippen molar-refractivity contribution in [3.8, 4) is 0 Å². The third-order valence-corrected chi connectivity index (χ3v) is 5.20. The van der Waals surface area contributed by atoms with Crippen LogP contribution in [0.15, 0.2) is 53.5 Å². The predicted octanol–water partition coefficient (Wildman–Crippen LogP) is 5.82. The number of hydrogen-bond acceptors (Lipinski definition) is 1. The van der Waals surface area contributed by atoms with Gasteiger partial charge in [0.25, 0.3) is 0 Å². The smallest absolute Gasteiger partial charge is 0.418 e. The summed E-state index contributed by atoms with van der Waals surface area (Å²) in [6, 6.07) is 17.1. The topological polar surface area (TPSA) is 15.4 Å². The van der Waals surface area contributed by atoms with Crippen LogP contribution in [0.2, 0.25) is 0 Å². The van der Waals surface area contributed by atoms with Crippen molar-refractivity contribution >= 4 is 19.7 Å². The highest BCUT2D eigenvalue weighted by atomic mass is 19.5. The second kappa shape index (κ2) is 9.15. The molecule has 162 valence electrons. The first kappa shape index (κ1) is 23.8. The molecular formula is C23H29BF4N2. The minimum Gasteiger partial charge on any atom is -0.418 e. The molecule has 0 radical (unpaired) electrons. The van der Waals surface area contributed by atoms with Gasteiger partial charge in [0.05, 0.1) is 5.54 Å². The first-order chi connectivity index (χ1) is 13.8. The molecule has 0 N–H and O–H groups in total. The van der Waals surface area contributed by atoms with Gasteiger partial charge in [-0.2, -0.15) is 0 Å². The number of hydrogen-bond donors (Lipinski definition) is 0. The van der Waals surface area contributed by atoms with Gasteiger partial charge in [0.1, 0.15) is 7.05 Å². The summed E-state index contributed by atoms with van der Waals surface area (Å²) in [6.45, 7) is 8.89. The Labute approximate surface area is 176 Å². The van der Waals surface area contributed by atoms with Crippen LogP contribution in [0.5, 0.6) is 0 Å². The van der Waals surface area contributed by atoms with Crippen LogP contribution in [-0.4, -0.2) is 42.4 Å². The molecule has 0 amide bonds. The summed E-state index contributed by atoms with van der Waals surface area (Å²) in [4.78, 5) is 4.48. The summed E-state index contributed by atoms with van der Waals surface area (Å²) in [5.41, 5.74) is 5.87. The van der Waals surface area contributed by atoms with Crippen LogP contribution >= 0.6 is 0 Å². The average molecular weight is 420 g/mol. The van der Waals surface area contributed by atoms with Gasteiger partial charge in [-0.05, 0) is 43.0 Å². The first-order valence-corrected chi connectivity index (χ1v) is 9.93. The Morgan fingerprint density at radius 1 is 0.800 bits per heavy atom. The molecule has 0 atom stereocenters. The molecule has 0 aliphatic carbocycles. The third kappa shape index (κ3) is 7.43. The van der Waals surface area contributed by atoms with Gasteiger partial charge in [-0.1, -0.05) is 42.5 Å². The summed E-state index contributed by atoms with van der Waals surface area (Å²) in [5.74, 6) is 0. The Morgan fingerprint density at radius 2 is 1.27 bits per heavy atom. The third-order valence-electron chi connectivity index (χ3n) is 5.20. The molecule has 2 aliphatic heterocycles. The molecule has 0 fully saturated rings. The van der Waals surface area contributed by atoms with Gasteiger partial charge >= 0.3 is 7.25 Å². The predicted molar refractivity (Wildman–Crippen MR) is 118 cm³/mol. The van der Waals surface area contributed by atoms with Crippen LogP contribution in [0.1, 0.15) is 49.9 Å². The van der Waals surface area contributed by atoms with Crippen molar-refractivity contribution in [2.45, 2.75) is 51.6 Å². The second-order valence-corrected chi connectivity index (χ2v) is 8.87. The van der Waals surface area contributed by atoms with E-state index in [4.69, 9.17) is 0 Å². The fourth-order valence-electron chi connectivity index (χ4n) is 3.37. The van der Waals surface area contributed by atoms with Gasteiger partial charge in [0.2, 0.25) is 0 Å². The van der Waals surface area contributed by atoms with E-state index in [-0.39, 0.29) is 11.1 Å². The lowest BCUT2D eigenvalue weighted by Gasteiger charge is -2.25. The van der Waals surface area contributed by atoms with Crippen LogP contribution < -0.4 is 0 Å². The van der Waals surface area contributed by atoms with E-state index in [2.05, 4.69) is 99.1 Å². The maximum absolute atomic E-state index is 9.75. The maximum atomic E-state index is 9.75. The Balaban J connectivity index is 0.000000176. The lowest BCUT2D eigenvalue weighted by Crippen LogP contribution is -2.40. The summed E-state index contributed by atoms with van der Waals surface area (Å²) in [5, 5.41) is 0. The zero-order valence-electron chi connectivity index (χ0n) is 18.2. The molecule has 4 rings (SSSR count). The number of likely N-dealkylation sites (N-methyl/N-ethyl adjacent to an activating group) is 1. The minimum absolute atomic E-state index is 0.0916. The second-order valence-electron chi connectivity index (χ2n) is 8.87. The molecule has 0 spiro atoms. The van der Waals surface area contributed by atoms with Gasteiger partial charge in [-0.25, -0.2) is 4.58 Å². The molecule has 0 aromatic heterocycles. The van der Waals surface area contributed by atoms with E-state index in [1.807, 2.05) is 6.21 Å². The SMILES string of the molecule is CC1(C)Cc2ccccc2C=N1.C[N+]1=Cc2ccccc2CC1(C)C.F[B-](F)(F)F. The fraction of sp³-hybridized carbons (Fsp3) is 0.391. The van der Waals surface area contributed by atoms with Gasteiger partial charge in [0.15, 0.2) is 11.8 Å². The lowest BCUT2D eigenvalue weighted by atomic mass is 9.89. The summed E-state index contributed by atoms with van der Waals surface area (Å²) < 4.78 is 41.3. The molecule has 2 aromatic carbocycles. The molecule has 0 saturated carbocycles. The summed E-state index contributed by atoms with van der Waals surface area (Å²) in [6.07, 6.45) is 6.41. The highest BCUT2D eigenvalue weighted by molar-refractivity contribution is 6.50. The van der Waals surface area contributed by atoms with Gasteiger partial charge in [0, 0.05) is 32.0 Å². The molecule has 0 bridgehead atoms. The normalized spacial score (nSPS) is 17.8. The Morgan fingerprint density at radius 3 is 1.83 bits per heavy atom. The van der Waals surface area contributed by atoms with E-state index in [0.717, 1.165) is 12.8 Å². The van der Waals surface area contributed by atoms with E-state index in [0.29, 0.717) is 0 Å². The standard InChI is InChI=1S/C12H16N.C11H13N.BF4/c1-12(2)8-10-6-4-5-7-11(10)9-13(12)3;1-11(2)7-9-5-3-4-6-10(9)8-12-11;2-1(3,4)5/h4-7,9H,8H2,1-3H3;3-6,8H,7H2,1-2H3;/q+1;;-1. The van der Waals surface area contributed by atoms with E-state index in [1.165, 1.54) is 22.3 Å². The largest absolute Gasteiger partial charge is 0.673 e. The van der Waals surface area contributed by atoms with Crippen LogP contribution in [0, 0.1) is 0 Å². The lowest BCUT2D eigenvalue weighted by molar-refractivity contribution is -0.572. The molecule has 0 saturated heterocycles. The number of benzene rings is 2. The molecule has 2 aliphatic rings. The molecule has 0 unspecified atom stereocenters. The molecule has 2 aromatic rings. The zero-order valence-corrected chi connectivity index (χ0v) is 18.2. The van der Waals surface area contributed by atoms with Crippen molar-refractivity contribution < 1.29 is 21.8 Å². The van der Waals surface area contributed by atoms with Gasteiger partial charge < -0.3 is 17.3 Å². The van der Waals surface area contributed by atoms with Crippen molar-refractivity contribution in [3.63, 3.8) is 0 Å². The van der Waals surface area contributed by atoms with Crippen molar-refractivity contribution in [3.05, 3.63) is 70.8 Å². The van der Waals surface area contributed by atoms with Crippen LogP contribution in [0.3, 0.4) is 0 Å². The van der Waals surface area contributed by atoms with E-state index in [9.17, 15) is 17.3 Å². The monoisotopic (exact) mass is 420 g/mol. The minimum atomic E-state index is -6.00. The number of rotatable bonds is 0. The molecule has 7 heteroatoms. The van der Waals surface area contributed by atoms with Crippen molar-refractivity contribution in [2.24, 2.45) is 4.99 Å². The maximum Gasteiger partial charge on any atom is 0.673 e. The molecule has 2 nitrogen and oxygen atoms in total. The Kier molecular flexibility index (Phi) is 7.27. The number of aliphatic imine (C=N–C) groups is 1. The molecule has 30 heavy (non-hydrogen) atoms. The summed E-state index contributed by atoms with van der Waals surface area (Å²) >= 11 is 0. The van der Waals surface area contributed by atoms with Crippen molar-refractivity contribution in [1.29, 1.82) is 0 Å². The van der Waals surface area contributed by atoms with Crippen LogP contribution in [-0.2, 0) is 12.8 Å². The van der Waals surface area contributed by atoms with Crippen molar-refractivity contribution in [1.82, 2.24) is 0 Å². The quantitative estimate of drug-likeness (QED) is 0.290.